The Labute approximate surface area is 187 Å². The summed E-state index contributed by atoms with van der Waals surface area (Å²) in [6, 6.07) is 5.31. The van der Waals surface area contributed by atoms with Crippen molar-refractivity contribution in [1.82, 2.24) is 9.97 Å². The molecule has 0 saturated carbocycles. The van der Waals surface area contributed by atoms with Gasteiger partial charge in [0.2, 0.25) is 0 Å². The second-order valence-electron chi connectivity index (χ2n) is 6.37. The van der Waals surface area contributed by atoms with E-state index in [1.807, 2.05) is 0 Å². The molecule has 0 fully saturated rings. The van der Waals surface area contributed by atoms with E-state index in [-0.39, 0.29) is 23.0 Å². The van der Waals surface area contributed by atoms with Crippen molar-refractivity contribution in [2.24, 2.45) is 0 Å². The molecule has 3 aromatic rings. The molecule has 0 aliphatic rings. The van der Waals surface area contributed by atoms with Gasteiger partial charge in [0.25, 0.3) is 5.56 Å². The fraction of sp³-hybridized carbons (Fsp3) is 0.227. The Kier molecular flexibility index (Phi) is 7.14. The number of fused-ring (bicyclic) bond motifs is 1. The number of aromatic amines is 1. The number of nitrogens with one attached hydrogen (secondary N) is 1. The van der Waals surface area contributed by atoms with Crippen LogP contribution in [0, 0.1) is 6.92 Å². The van der Waals surface area contributed by atoms with Gasteiger partial charge in [0, 0.05) is 0 Å². The van der Waals surface area contributed by atoms with Gasteiger partial charge < -0.3 is 19.2 Å². The number of methoxy groups -OCH3 is 1. The summed E-state index contributed by atoms with van der Waals surface area (Å²) in [5.41, 5.74) is 0.894. The monoisotopic (exact) mass is 460 g/mol. The molecule has 0 atom stereocenters. The van der Waals surface area contributed by atoms with Gasteiger partial charge in [-0.2, -0.15) is 0 Å². The van der Waals surface area contributed by atoms with E-state index in [9.17, 15) is 9.59 Å². The summed E-state index contributed by atoms with van der Waals surface area (Å²) >= 11 is 7.55. The van der Waals surface area contributed by atoms with Crippen molar-refractivity contribution in [3.8, 4) is 11.5 Å². The maximum Gasteiger partial charge on any atom is 0.348 e. The number of hydrogen-bond donors (Lipinski definition) is 1. The van der Waals surface area contributed by atoms with E-state index in [1.54, 1.807) is 51.3 Å². The predicted octanol–water partition coefficient (Wildman–Crippen LogP) is 4.78. The predicted molar refractivity (Wildman–Crippen MR) is 123 cm³/mol. The van der Waals surface area contributed by atoms with Gasteiger partial charge in [-0.3, -0.25) is 4.79 Å². The van der Waals surface area contributed by atoms with E-state index in [0.29, 0.717) is 38.8 Å². The molecule has 0 unspecified atom stereocenters. The summed E-state index contributed by atoms with van der Waals surface area (Å²) in [6.45, 7) is 7.64. The number of aryl methyl sites for hydroxylation is 1. The Morgan fingerprint density at radius 3 is 2.81 bits per heavy atom. The van der Waals surface area contributed by atoms with E-state index >= 15 is 0 Å². The number of aromatic nitrogens is 2. The Morgan fingerprint density at radius 1 is 1.35 bits per heavy atom. The van der Waals surface area contributed by atoms with Crippen LogP contribution in [0.25, 0.3) is 21.3 Å². The first-order valence-electron chi connectivity index (χ1n) is 9.39. The van der Waals surface area contributed by atoms with Gasteiger partial charge in [-0.25, -0.2) is 9.78 Å². The molecule has 0 spiro atoms. The van der Waals surface area contributed by atoms with Crippen molar-refractivity contribution in [3.05, 3.63) is 63.0 Å². The molecule has 0 aliphatic carbocycles. The van der Waals surface area contributed by atoms with Crippen LogP contribution in [0.3, 0.4) is 0 Å². The van der Waals surface area contributed by atoms with Crippen LogP contribution in [0.5, 0.6) is 11.5 Å². The minimum absolute atomic E-state index is 0.196. The maximum absolute atomic E-state index is 12.6. The molecule has 1 N–H and O–H groups in total. The minimum Gasteiger partial charge on any atom is -0.493 e. The quantitative estimate of drug-likeness (QED) is 0.384. The number of H-pyrrole nitrogens is 1. The molecule has 2 heterocycles. The number of ether oxygens (including phenoxy) is 3. The van der Waals surface area contributed by atoms with Gasteiger partial charge in [-0.05, 0) is 43.2 Å². The van der Waals surface area contributed by atoms with Crippen molar-refractivity contribution in [2.45, 2.75) is 13.8 Å². The smallest absolute Gasteiger partial charge is 0.348 e. The Hall–Kier alpha value is -3.10. The van der Waals surface area contributed by atoms with Crippen LogP contribution in [0.15, 0.2) is 35.6 Å². The first-order chi connectivity index (χ1) is 14.9. The van der Waals surface area contributed by atoms with Crippen LogP contribution in [0.2, 0.25) is 0 Å². The number of esters is 1. The summed E-state index contributed by atoms with van der Waals surface area (Å²) in [7, 11) is 1.54. The number of thiophene rings is 1. The number of benzene rings is 1. The second kappa shape index (κ2) is 9.80. The maximum atomic E-state index is 12.6. The molecule has 2 aromatic heterocycles. The highest BCUT2D eigenvalue weighted by molar-refractivity contribution is 7.20. The number of hydrogen-bond acceptors (Lipinski definition) is 7. The van der Waals surface area contributed by atoms with Gasteiger partial charge in [-0.1, -0.05) is 30.3 Å². The van der Waals surface area contributed by atoms with Crippen LogP contribution in [0.4, 0.5) is 0 Å². The molecule has 1 aromatic carbocycles. The van der Waals surface area contributed by atoms with Crippen molar-refractivity contribution in [3.63, 3.8) is 0 Å². The SMILES string of the molecule is C=CCOc1ccc(/C=C(\Cl)c2nc3sc(C(=O)OCC)c(C)c3c(=O)[nH]2)cc1OC. The number of rotatable bonds is 8. The van der Waals surface area contributed by atoms with Crippen molar-refractivity contribution < 1.29 is 19.0 Å². The zero-order valence-electron chi connectivity index (χ0n) is 17.3. The zero-order chi connectivity index (χ0) is 22.5. The number of carbonyl (C=O) groups is 1. The van der Waals surface area contributed by atoms with E-state index in [2.05, 4.69) is 16.5 Å². The standard InChI is InChI=1S/C22H21ClN2O5S/c1-5-9-30-15-8-7-13(11-16(15)28-4)10-14(23)19-24-20(26)17-12(3)18(22(27)29-6-2)31-21(17)25-19/h5,7-8,10-11H,1,6,9H2,2-4H3,(H,24,25,26)/b14-10-. The van der Waals surface area contributed by atoms with Crippen molar-refractivity contribution in [2.75, 3.05) is 20.3 Å². The first kappa shape index (κ1) is 22.6. The Balaban J connectivity index is 1.99. The highest BCUT2D eigenvalue weighted by Crippen LogP contribution is 2.31. The van der Waals surface area contributed by atoms with E-state index in [1.165, 1.54) is 0 Å². The number of halogens is 1. The highest BCUT2D eigenvalue weighted by atomic mass is 35.5. The van der Waals surface area contributed by atoms with E-state index in [0.717, 1.165) is 16.9 Å². The summed E-state index contributed by atoms with van der Waals surface area (Å²) in [5.74, 6) is 0.826. The van der Waals surface area contributed by atoms with E-state index < -0.39 is 5.97 Å². The molecule has 0 amide bonds. The average Bonchev–Trinajstić information content (AvgIpc) is 3.09. The lowest BCUT2D eigenvalue weighted by atomic mass is 10.2. The number of nitrogens with zero attached hydrogens (tertiary/aromatic N) is 1. The lowest BCUT2D eigenvalue weighted by molar-refractivity contribution is 0.0531. The molecular weight excluding hydrogens is 440 g/mol. The van der Waals surface area contributed by atoms with Crippen LogP contribution in [-0.2, 0) is 4.74 Å². The Bertz CT molecular complexity index is 1230. The van der Waals surface area contributed by atoms with Crippen LogP contribution >= 0.6 is 22.9 Å². The zero-order valence-corrected chi connectivity index (χ0v) is 18.9. The minimum atomic E-state index is -0.476. The third kappa shape index (κ3) is 4.81. The molecule has 31 heavy (non-hydrogen) atoms. The normalized spacial score (nSPS) is 11.4. The van der Waals surface area contributed by atoms with Crippen molar-refractivity contribution >= 4 is 50.2 Å². The average molecular weight is 461 g/mol. The Morgan fingerprint density at radius 2 is 2.13 bits per heavy atom. The molecule has 9 heteroatoms. The summed E-state index contributed by atoms with van der Waals surface area (Å²) in [4.78, 5) is 32.7. The fourth-order valence-electron chi connectivity index (χ4n) is 2.90. The highest BCUT2D eigenvalue weighted by Gasteiger charge is 2.20. The van der Waals surface area contributed by atoms with Gasteiger partial charge in [0.05, 0.1) is 24.1 Å². The molecule has 0 bridgehead atoms. The first-order valence-corrected chi connectivity index (χ1v) is 10.6. The topological polar surface area (TPSA) is 90.5 Å². The molecular formula is C22H21ClN2O5S. The molecule has 162 valence electrons. The van der Waals surface area contributed by atoms with Gasteiger partial charge in [0.1, 0.15) is 16.3 Å². The molecule has 3 rings (SSSR count). The van der Waals surface area contributed by atoms with Crippen LogP contribution in [0.1, 0.15) is 33.5 Å². The summed E-state index contributed by atoms with van der Waals surface area (Å²) < 4.78 is 16.0. The molecule has 0 saturated heterocycles. The van der Waals surface area contributed by atoms with Gasteiger partial charge in [0.15, 0.2) is 17.3 Å². The lowest BCUT2D eigenvalue weighted by Crippen LogP contribution is -2.11. The number of carbonyl (C=O) groups excluding carboxylic acids is 1. The lowest BCUT2D eigenvalue weighted by Gasteiger charge is -2.10. The molecule has 0 aliphatic heterocycles. The van der Waals surface area contributed by atoms with Crippen LogP contribution in [-0.4, -0.2) is 36.3 Å². The largest absolute Gasteiger partial charge is 0.493 e. The second-order valence-corrected chi connectivity index (χ2v) is 7.78. The third-order valence-corrected chi connectivity index (χ3v) is 5.78. The fourth-order valence-corrected chi connectivity index (χ4v) is 4.20. The third-order valence-electron chi connectivity index (χ3n) is 4.33. The van der Waals surface area contributed by atoms with Gasteiger partial charge in [-0.15, -0.1) is 11.3 Å². The molecule has 7 nitrogen and oxygen atoms in total. The van der Waals surface area contributed by atoms with Gasteiger partial charge >= 0.3 is 5.97 Å². The van der Waals surface area contributed by atoms with Crippen LogP contribution < -0.4 is 15.0 Å². The summed E-state index contributed by atoms with van der Waals surface area (Å²) in [6.07, 6.45) is 3.29. The van der Waals surface area contributed by atoms with E-state index in [4.69, 9.17) is 25.8 Å². The molecule has 0 radical (unpaired) electrons. The summed E-state index contributed by atoms with van der Waals surface area (Å²) in [5, 5.41) is 0.580. The van der Waals surface area contributed by atoms with Crippen molar-refractivity contribution in [1.29, 1.82) is 0 Å².